The molecule has 1 aromatic carbocycles. The molecule has 1 aliphatic heterocycles. The summed E-state index contributed by atoms with van der Waals surface area (Å²) in [6, 6.07) is 4.36. The Kier molecular flexibility index (Phi) is 8.73. The molecule has 1 fully saturated rings. The number of benzene rings is 1. The van der Waals surface area contributed by atoms with Crippen molar-refractivity contribution in [1.29, 1.82) is 0 Å². The average molecular weight is 444 g/mol. The molecule has 0 spiro atoms. The monoisotopic (exact) mass is 444 g/mol. The number of rotatable bonds is 10. The molecule has 31 heavy (non-hydrogen) atoms. The summed E-state index contributed by atoms with van der Waals surface area (Å²) in [6.07, 6.45) is -1.83. The molecule has 1 aliphatic rings. The van der Waals surface area contributed by atoms with Crippen LogP contribution in [0.15, 0.2) is 30.9 Å². The van der Waals surface area contributed by atoms with E-state index in [-0.39, 0.29) is 32.3 Å². The van der Waals surface area contributed by atoms with E-state index in [2.05, 4.69) is 11.9 Å². The summed E-state index contributed by atoms with van der Waals surface area (Å²) in [6.45, 7) is 6.44. The highest BCUT2D eigenvalue weighted by atomic mass is 19.3. The van der Waals surface area contributed by atoms with E-state index in [1.807, 2.05) is 13.8 Å². The maximum Gasteiger partial charge on any atom is 0.407 e. The van der Waals surface area contributed by atoms with Crippen molar-refractivity contribution in [3.63, 3.8) is 0 Å². The number of hydrogen-bond acceptors (Lipinski definition) is 5. The van der Waals surface area contributed by atoms with E-state index in [9.17, 15) is 22.8 Å². The first-order chi connectivity index (χ1) is 14.6. The van der Waals surface area contributed by atoms with E-state index in [1.165, 1.54) is 12.1 Å². The van der Waals surface area contributed by atoms with Crippen LogP contribution in [0.1, 0.15) is 25.3 Å². The predicted molar refractivity (Wildman–Crippen MR) is 107 cm³/mol. The van der Waals surface area contributed by atoms with E-state index in [4.69, 9.17) is 14.2 Å². The maximum atomic E-state index is 13.9. The van der Waals surface area contributed by atoms with Crippen LogP contribution in [0.3, 0.4) is 0 Å². The summed E-state index contributed by atoms with van der Waals surface area (Å²) in [7, 11) is 0. The Morgan fingerprint density at radius 3 is 2.74 bits per heavy atom. The Labute approximate surface area is 179 Å². The lowest BCUT2D eigenvalue weighted by Gasteiger charge is -2.18. The molecule has 1 N–H and O–H groups in total. The number of carbonyl (C=O) groups excluding carboxylic acids is 2. The van der Waals surface area contributed by atoms with Crippen molar-refractivity contribution in [1.82, 2.24) is 10.2 Å². The molecule has 0 saturated carbocycles. The number of amides is 2. The van der Waals surface area contributed by atoms with Gasteiger partial charge in [-0.3, -0.25) is 4.79 Å². The van der Waals surface area contributed by atoms with Crippen LogP contribution in [0.5, 0.6) is 5.75 Å². The second-order valence-electron chi connectivity index (χ2n) is 7.30. The lowest BCUT2D eigenvalue weighted by atomic mass is 10.0. The lowest BCUT2D eigenvalue weighted by molar-refractivity contribution is -0.126. The van der Waals surface area contributed by atoms with Crippen molar-refractivity contribution < 1.29 is 37.0 Å². The van der Waals surface area contributed by atoms with Gasteiger partial charge in [-0.1, -0.05) is 26.5 Å². The van der Waals surface area contributed by atoms with Gasteiger partial charge in [0.15, 0.2) is 6.10 Å². The molecule has 1 atom stereocenters. The molecule has 0 aliphatic carbocycles. The van der Waals surface area contributed by atoms with Crippen molar-refractivity contribution in [2.75, 3.05) is 39.5 Å². The molecule has 1 aromatic rings. The predicted octanol–water partition coefficient (Wildman–Crippen LogP) is 3.10. The van der Waals surface area contributed by atoms with E-state index < -0.39 is 42.9 Å². The second kappa shape index (κ2) is 11.0. The average Bonchev–Trinajstić information content (AvgIpc) is 3.00. The van der Waals surface area contributed by atoms with Gasteiger partial charge in [0.25, 0.3) is 0 Å². The Morgan fingerprint density at radius 2 is 2.06 bits per heavy atom. The first kappa shape index (κ1) is 24.5. The van der Waals surface area contributed by atoms with Gasteiger partial charge < -0.3 is 24.4 Å². The van der Waals surface area contributed by atoms with Crippen LogP contribution >= 0.6 is 0 Å². The fraction of sp³-hybridized carbons (Fsp3) is 0.524. The minimum absolute atomic E-state index is 0.0314. The van der Waals surface area contributed by atoms with E-state index >= 15 is 0 Å². The number of hydrogen-bond donors (Lipinski definition) is 1. The largest absolute Gasteiger partial charge is 0.491 e. The quantitative estimate of drug-likeness (QED) is 0.443. The van der Waals surface area contributed by atoms with Gasteiger partial charge in [0.05, 0.1) is 26.3 Å². The van der Waals surface area contributed by atoms with Crippen LogP contribution in [0.25, 0.3) is 0 Å². The molecule has 1 heterocycles. The molecular formula is C21H27F3N2O5. The van der Waals surface area contributed by atoms with Crippen molar-refractivity contribution in [2.24, 2.45) is 0 Å². The second-order valence-corrected chi connectivity index (χ2v) is 7.30. The number of alkyl halides is 2. The van der Waals surface area contributed by atoms with Gasteiger partial charge in [-0.25, -0.2) is 18.0 Å². The molecule has 172 valence electrons. The summed E-state index contributed by atoms with van der Waals surface area (Å²) >= 11 is 0. The van der Waals surface area contributed by atoms with Gasteiger partial charge in [-0.05, 0) is 23.6 Å². The van der Waals surface area contributed by atoms with Gasteiger partial charge in [0, 0.05) is 12.6 Å². The van der Waals surface area contributed by atoms with Crippen LogP contribution in [-0.4, -0.2) is 68.4 Å². The fourth-order valence-electron chi connectivity index (χ4n) is 2.99. The number of halogens is 3. The zero-order valence-corrected chi connectivity index (χ0v) is 17.5. The van der Waals surface area contributed by atoms with Gasteiger partial charge in [-0.15, -0.1) is 0 Å². The Morgan fingerprint density at radius 1 is 1.32 bits per heavy atom. The SMILES string of the molecule is C=CC(=O)N1CC(OC(=O)NCCOCCOc2cc(F)ccc2C(C)C)C(F)(F)C1. The highest BCUT2D eigenvalue weighted by Gasteiger charge is 2.51. The van der Waals surface area contributed by atoms with E-state index in [0.717, 1.165) is 16.5 Å². The van der Waals surface area contributed by atoms with Crippen molar-refractivity contribution in [3.8, 4) is 5.75 Å². The van der Waals surface area contributed by atoms with Gasteiger partial charge >= 0.3 is 12.0 Å². The van der Waals surface area contributed by atoms with Gasteiger partial charge in [0.2, 0.25) is 5.91 Å². The maximum absolute atomic E-state index is 13.9. The summed E-state index contributed by atoms with van der Waals surface area (Å²) < 4.78 is 56.8. The highest BCUT2D eigenvalue weighted by Crippen LogP contribution is 2.30. The number of carbonyl (C=O) groups is 2. The minimum atomic E-state index is -3.34. The first-order valence-electron chi connectivity index (χ1n) is 9.87. The number of ether oxygens (including phenoxy) is 3. The fourth-order valence-corrected chi connectivity index (χ4v) is 2.99. The number of alkyl carbamates (subject to hydrolysis) is 1. The van der Waals surface area contributed by atoms with Crippen molar-refractivity contribution in [3.05, 3.63) is 42.2 Å². The van der Waals surface area contributed by atoms with E-state index in [0.29, 0.717) is 5.75 Å². The van der Waals surface area contributed by atoms with Crippen LogP contribution in [-0.2, 0) is 14.3 Å². The van der Waals surface area contributed by atoms with Crippen molar-refractivity contribution >= 4 is 12.0 Å². The van der Waals surface area contributed by atoms with E-state index in [1.54, 1.807) is 6.07 Å². The van der Waals surface area contributed by atoms with Gasteiger partial charge in [0.1, 0.15) is 18.2 Å². The third kappa shape index (κ3) is 7.16. The van der Waals surface area contributed by atoms with Crippen molar-refractivity contribution in [2.45, 2.75) is 31.8 Å². The van der Waals surface area contributed by atoms with Crippen LogP contribution in [0.4, 0.5) is 18.0 Å². The zero-order valence-electron chi connectivity index (χ0n) is 17.5. The molecule has 7 nitrogen and oxygen atoms in total. The molecule has 1 saturated heterocycles. The summed E-state index contributed by atoms with van der Waals surface area (Å²) in [5.41, 5.74) is 0.878. The van der Waals surface area contributed by atoms with Crippen LogP contribution in [0, 0.1) is 5.82 Å². The summed E-state index contributed by atoms with van der Waals surface area (Å²) in [4.78, 5) is 24.1. The van der Waals surface area contributed by atoms with Gasteiger partial charge in [-0.2, -0.15) is 0 Å². The minimum Gasteiger partial charge on any atom is -0.491 e. The Balaban J connectivity index is 1.64. The first-order valence-corrected chi connectivity index (χ1v) is 9.87. The molecule has 0 bridgehead atoms. The molecule has 2 amide bonds. The number of nitrogens with zero attached hydrogens (tertiary/aromatic N) is 1. The molecule has 0 radical (unpaired) electrons. The lowest BCUT2D eigenvalue weighted by Crippen LogP contribution is -2.39. The summed E-state index contributed by atoms with van der Waals surface area (Å²) in [5.74, 6) is -3.77. The smallest absolute Gasteiger partial charge is 0.407 e. The number of likely N-dealkylation sites (tertiary alicyclic amines) is 1. The summed E-state index contributed by atoms with van der Waals surface area (Å²) in [5, 5.41) is 2.31. The number of nitrogens with one attached hydrogen (secondary N) is 1. The van der Waals surface area contributed by atoms with Crippen LogP contribution < -0.4 is 10.1 Å². The standard InChI is InChI=1S/C21H27F3N2O5/c1-4-19(27)26-12-18(21(23,24)13-26)31-20(28)25-7-8-29-9-10-30-17-11-15(22)5-6-16(17)14(2)3/h4-6,11,14,18H,1,7-10,12-13H2,2-3H3,(H,25,28). The molecular weight excluding hydrogens is 417 g/mol. The molecule has 10 heteroatoms. The third-order valence-electron chi connectivity index (χ3n) is 4.59. The molecule has 2 rings (SSSR count). The normalized spacial score (nSPS) is 17.5. The third-order valence-corrected chi connectivity index (χ3v) is 4.59. The highest BCUT2D eigenvalue weighted by molar-refractivity contribution is 5.87. The van der Waals surface area contributed by atoms with Crippen LogP contribution in [0.2, 0.25) is 0 Å². The Hall–Kier alpha value is -2.75. The molecule has 0 aromatic heterocycles. The Bertz CT molecular complexity index is 788. The topological polar surface area (TPSA) is 77.1 Å². The molecule has 1 unspecified atom stereocenters. The zero-order chi connectivity index (χ0) is 23.0.